The first kappa shape index (κ1) is 18.0. The Hall–Kier alpha value is -1.76. The Bertz CT molecular complexity index is 695. The van der Waals surface area contributed by atoms with Gasteiger partial charge in [0.15, 0.2) is 0 Å². The Labute approximate surface area is 152 Å². The average molecular weight is 359 g/mol. The van der Waals surface area contributed by atoms with Gasteiger partial charge in [-0.1, -0.05) is 24.3 Å². The summed E-state index contributed by atoms with van der Waals surface area (Å²) in [6.07, 6.45) is 5.95. The standard InChI is InChI=1S/C19H25N3O2S/c1-24-13-12-20-10-11-21-18(23)14-6-2-3-7-15(14)19-22-16-8-4-5-9-17(16)25-19/h2-5,8-9,14-15,20H,6-7,10-13H2,1H3,(H,21,23). The van der Waals surface area contributed by atoms with Crippen LogP contribution in [-0.2, 0) is 9.53 Å². The molecule has 0 aliphatic heterocycles. The van der Waals surface area contributed by atoms with Gasteiger partial charge in [0.05, 0.1) is 27.7 Å². The van der Waals surface area contributed by atoms with E-state index in [1.165, 1.54) is 4.70 Å². The fraction of sp³-hybridized carbons (Fsp3) is 0.474. The highest BCUT2D eigenvalue weighted by Crippen LogP contribution is 2.38. The molecule has 1 aromatic heterocycles. The van der Waals surface area contributed by atoms with E-state index in [1.807, 2.05) is 18.2 Å². The molecule has 1 aromatic carbocycles. The summed E-state index contributed by atoms with van der Waals surface area (Å²) < 4.78 is 6.18. The van der Waals surface area contributed by atoms with Crippen LogP contribution in [0.4, 0.5) is 0 Å². The number of rotatable bonds is 8. The lowest BCUT2D eigenvalue weighted by Crippen LogP contribution is -2.39. The van der Waals surface area contributed by atoms with E-state index < -0.39 is 0 Å². The molecular weight excluding hydrogens is 334 g/mol. The molecule has 1 aliphatic rings. The van der Waals surface area contributed by atoms with E-state index in [9.17, 15) is 4.79 Å². The maximum absolute atomic E-state index is 12.7. The minimum absolute atomic E-state index is 0.0375. The smallest absolute Gasteiger partial charge is 0.224 e. The largest absolute Gasteiger partial charge is 0.383 e. The number of carbonyl (C=O) groups excluding carboxylic acids is 1. The molecule has 3 rings (SSSR count). The lowest BCUT2D eigenvalue weighted by atomic mass is 9.82. The van der Waals surface area contributed by atoms with Crippen molar-refractivity contribution in [2.75, 3.05) is 33.4 Å². The van der Waals surface area contributed by atoms with Crippen molar-refractivity contribution in [3.05, 3.63) is 41.4 Å². The van der Waals surface area contributed by atoms with Crippen molar-refractivity contribution in [2.45, 2.75) is 18.8 Å². The second-order valence-corrected chi connectivity index (χ2v) is 7.27. The van der Waals surface area contributed by atoms with Crippen molar-refractivity contribution in [2.24, 2.45) is 5.92 Å². The number of nitrogens with zero attached hydrogens (tertiary/aromatic N) is 1. The molecular formula is C19H25N3O2S. The van der Waals surface area contributed by atoms with Gasteiger partial charge in [-0.25, -0.2) is 4.98 Å². The number of carbonyl (C=O) groups is 1. The molecule has 1 heterocycles. The van der Waals surface area contributed by atoms with E-state index in [0.29, 0.717) is 13.2 Å². The van der Waals surface area contributed by atoms with Gasteiger partial charge in [-0.05, 0) is 25.0 Å². The minimum Gasteiger partial charge on any atom is -0.383 e. The van der Waals surface area contributed by atoms with Crippen LogP contribution in [0.2, 0.25) is 0 Å². The molecule has 2 atom stereocenters. The van der Waals surface area contributed by atoms with Crippen molar-refractivity contribution in [1.82, 2.24) is 15.6 Å². The van der Waals surface area contributed by atoms with Crippen LogP contribution in [0, 0.1) is 5.92 Å². The monoisotopic (exact) mass is 359 g/mol. The van der Waals surface area contributed by atoms with Crippen LogP contribution in [0.15, 0.2) is 36.4 Å². The Balaban J connectivity index is 1.60. The summed E-state index contributed by atoms with van der Waals surface area (Å²) in [5, 5.41) is 7.38. The van der Waals surface area contributed by atoms with Crippen LogP contribution >= 0.6 is 11.3 Å². The molecule has 1 amide bonds. The third kappa shape index (κ3) is 4.66. The molecule has 6 heteroatoms. The second kappa shape index (κ2) is 9.08. The van der Waals surface area contributed by atoms with Crippen LogP contribution < -0.4 is 10.6 Å². The molecule has 2 N–H and O–H groups in total. The van der Waals surface area contributed by atoms with Gasteiger partial charge in [0.2, 0.25) is 5.91 Å². The van der Waals surface area contributed by atoms with Crippen LogP contribution in [0.25, 0.3) is 10.2 Å². The first-order valence-corrected chi connectivity index (χ1v) is 9.59. The van der Waals surface area contributed by atoms with Gasteiger partial charge in [0.25, 0.3) is 0 Å². The number of thiazole rings is 1. The van der Waals surface area contributed by atoms with E-state index in [0.717, 1.165) is 36.5 Å². The summed E-state index contributed by atoms with van der Waals surface area (Å²) in [5.41, 5.74) is 1.03. The molecule has 0 radical (unpaired) electrons. The van der Waals surface area contributed by atoms with Crippen molar-refractivity contribution in [3.63, 3.8) is 0 Å². The van der Waals surface area contributed by atoms with Crippen LogP contribution in [-0.4, -0.2) is 44.2 Å². The maximum Gasteiger partial charge on any atom is 0.224 e. The Kier molecular flexibility index (Phi) is 6.55. The van der Waals surface area contributed by atoms with Crippen LogP contribution in [0.5, 0.6) is 0 Å². The molecule has 2 unspecified atom stereocenters. The fourth-order valence-electron chi connectivity index (χ4n) is 3.13. The van der Waals surface area contributed by atoms with Crippen molar-refractivity contribution in [3.8, 4) is 0 Å². The summed E-state index contributed by atoms with van der Waals surface area (Å²) >= 11 is 1.71. The normalized spacial score (nSPS) is 20.0. The number of methoxy groups -OCH3 is 1. The first-order valence-electron chi connectivity index (χ1n) is 8.77. The maximum atomic E-state index is 12.7. The summed E-state index contributed by atoms with van der Waals surface area (Å²) in [5.74, 6) is 0.260. The highest BCUT2D eigenvalue weighted by atomic mass is 32.1. The number of nitrogens with one attached hydrogen (secondary N) is 2. The molecule has 0 bridgehead atoms. The molecule has 0 fully saturated rings. The van der Waals surface area contributed by atoms with E-state index in [-0.39, 0.29) is 17.7 Å². The number of allylic oxidation sites excluding steroid dienone is 2. The fourth-order valence-corrected chi connectivity index (χ4v) is 4.28. The number of hydrogen-bond donors (Lipinski definition) is 2. The molecule has 1 aliphatic carbocycles. The van der Waals surface area contributed by atoms with E-state index in [1.54, 1.807) is 18.4 Å². The lowest BCUT2D eigenvalue weighted by Gasteiger charge is -2.26. The van der Waals surface area contributed by atoms with Gasteiger partial charge in [-0.2, -0.15) is 0 Å². The number of fused-ring (bicyclic) bond motifs is 1. The number of hydrogen-bond acceptors (Lipinski definition) is 5. The zero-order valence-electron chi connectivity index (χ0n) is 14.5. The zero-order valence-corrected chi connectivity index (χ0v) is 15.3. The molecule has 0 spiro atoms. The van der Waals surface area contributed by atoms with Crippen molar-refractivity contribution >= 4 is 27.5 Å². The lowest BCUT2D eigenvalue weighted by molar-refractivity contribution is -0.125. The van der Waals surface area contributed by atoms with Gasteiger partial charge < -0.3 is 15.4 Å². The minimum atomic E-state index is -0.0375. The third-order valence-corrected chi connectivity index (χ3v) is 5.65. The molecule has 0 saturated heterocycles. The molecule has 2 aromatic rings. The van der Waals surface area contributed by atoms with E-state index >= 15 is 0 Å². The average Bonchev–Trinajstić information content (AvgIpc) is 3.08. The molecule has 5 nitrogen and oxygen atoms in total. The topological polar surface area (TPSA) is 63.2 Å². The first-order chi connectivity index (χ1) is 12.3. The second-order valence-electron chi connectivity index (χ2n) is 6.21. The Morgan fingerprint density at radius 1 is 1.24 bits per heavy atom. The van der Waals surface area contributed by atoms with Crippen molar-refractivity contribution < 1.29 is 9.53 Å². The summed E-state index contributed by atoms with van der Waals surface area (Å²) in [7, 11) is 1.68. The van der Waals surface area contributed by atoms with Gasteiger partial charge >= 0.3 is 0 Å². The quantitative estimate of drug-likeness (QED) is 0.562. The van der Waals surface area contributed by atoms with Gasteiger partial charge in [0, 0.05) is 32.7 Å². The highest BCUT2D eigenvalue weighted by molar-refractivity contribution is 7.18. The molecule has 0 saturated carbocycles. The molecule has 25 heavy (non-hydrogen) atoms. The number of benzene rings is 1. The predicted molar refractivity (Wildman–Crippen MR) is 102 cm³/mol. The summed E-state index contributed by atoms with van der Waals surface area (Å²) in [6.45, 7) is 2.87. The van der Waals surface area contributed by atoms with Gasteiger partial charge in [0.1, 0.15) is 0 Å². The summed E-state index contributed by atoms with van der Waals surface area (Å²) in [6, 6.07) is 8.17. The zero-order chi connectivity index (χ0) is 17.5. The summed E-state index contributed by atoms with van der Waals surface area (Å²) in [4.78, 5) is 17.4. The SMILES string of the molecule is COCCNCCNC(=O)C1CC=CCC1c1nc2ccccc2s1. The number of ether oxygens (including phenoxy) is 1. The third-order valence-electron chi connectivity index (χ3n) is 4.48. The van der Waals surface area contributed by atoms with E-state index in [4.69, 9.17) is 9.72 Å². The van der Waals surface area contributed by atoms with Crippen molar-refractivity contribution in [1.29, 1.82) is 0 Å². The van der Waals surface area contributed by atoms with Crippen LogP contribution in [0.3, 0.4) is 0 Å². The Morgan fingerprint density at radius 2 is 2.08 bits per heavy atom. The number of para-hydroxylation sites is 1. The molecule has 134 valence electrons. The number of amides is 1. The van der Waals surface area contributed by atoms with Gasteiger partial charge in [-0.15, -0.1) is 11.3 Å². The number of aromatic nitrogens is 1. The predicted octanol–water partition coefficient (Wildman–Crippen LogP) is 2.70. The van der Waals surface area contributed by atoms with E-state index in [2.05, 4.69) is 28.9 Å². The highest BCUT2D eigenvalue weighted by Gasteiger charge is 2.32. The Morgan fingerprint density at radius 3 is 2.92 bits per heavy atom. The van der Waals surface area contributed by atoms with Crippen LogP contribution in [0.1, 0.15) is 23.8 Å². The van der Waals surface area contributed by atoms with Gasteiger partial charge in [-0.3, -0.25) is 4.79 Å².